The molecule has 126 valence electrons. The van der Waals surface area contributed by atoms with Crippen LogP contribution in [0, 0.1) is 5.92 Å². The third-order valence-corrected chi connectivity index (χ3v) is 5.19. The highest BCUT2D eigenvalue weighted by molar-refractivity contribution is 8.13. The number of piperidine rings is 1. The smallest absolute Gasteiger partial charge is 0.207 e. The minimum Gasteiger partial charge on any atom is -0.355 e. The summed E-state index contributed by atoms with van der Waals surface area (Å²) in [6.07, 6.45) is 3.92. The molecular formula is C18H26N2O2S. The van der Waals surface area contributed by atoms with Crippen molar-refractivity contribution in [1.29, 1.82) is 0 Å². The van der Waals surface area contributed by atoms with Gasteiger partial charge in [-0.3, -0.25) is 14.5 Å². The Hall–Kier alpha value is -1.33. The van der Waals surface area contributed by atoms with E-state index in [0.29, 0.717) is 18.2 Å². The molecule has 0 spiro atoms. The quantitative estimate of drug-likeness (QED) is 0.742. The Morgan fingerprint density at radius 3 is 2.91 bits per heavy atom. The molecule has 1 fully saturated rings. The Labute approximate surface area is 143 Å². The van der Waals surface area contributed by atoms with Crippen LogP contribution < -0.4 is 5.32 Å². The van der Waals surface area contributed by atoms with Crippen LogP contribution >= 0.6 is 11.8 Å². The van der Waals surface area contributed by atoms with Gasteiger partial charge in [0, 0.05) is 18.3 Å². The first-order valence-corrected chi connectivity index (χ1v) is 9.27. The number of hydrogen-bond acceptors (Lipinski definition) is 4. The highest BCUT2D eigenvalue weighted by atomic mass is 32.2. The van der Waals surface area contributed by atoms with E-state index in [0.717, 1.165) is 25.9 Å². The number of likely N-dealkylation sites (tertiary alicyclic amines) is 1. The van der Waals surface area contributed by atoms with Crippen LogP contribution in [0.1, 0.15) is 25.3 Å². The van der Waals surface area contributed by atoms with Crippen molar-refractivity contribution in [2.45, 2.75) is 32.2 Å². The molecule has 0 aromatic heterocycles. The van der Waals surface area contributed by atoms with E-state index in [1.54, 1.807) is 0 Å². The van der Waals surface area contributed by atoms with Gasteiger partial charge in [0.05, 0.1) is 6.54 Å². The van der Waals surface area contributed by atoms with Gasteiger partial charge in [0.25, 0.3) is 0 Å². The summed E-state index contributed by atoms with van der Waals surface area (Å²) < 4.78 is 0. The molecular weight excluding hydrogens is 308 g/mol. The minimum atomic E-state index is -0.0101. The molecule has 1 aliphatic rings. The van der Waals surface area contributed by atoms with E-state index in [1.807, 2.05) is 30.3 Å². The summed E-state index contributed by atoms with van der Waals surface area (Å²) in [5.74, 6) is 1.31. The molecule has 2 unspecified atom stereocenters. The van der Waals surface area contributed by atoms with Crippen molar-refractivity contribution >= 4 is 23.3 Å². The van der Waals surface area contributed by atoms with Gasteiger partial charge in [0.1, 0.15) is 0 Å². The normalized spacial score (nSPS) is 20.0. The van der Waals surface area contributed by atoms with Crippen molar-refractivity contribution in [1.82, 2.24) is 10.2 Å². The molecule has 1 heterocycles. The number of carbonyl (C=O) groups excluding carboxylic acids is 2. The number of thioether (sulfide) groups is 1. The van der Waals surface area contributed by atoms with Crippen LogP contribution in [0.25, 0.3) is 0 Å². The number of amides is 1. The topological polar surface area (TPSA) is 49.4 Å². The molecule has 0 saturated carbocycles. The maximum absolute atomic E-state index is 12.2. The average molecular weight is 334 g/mol. The van der Waals surface area contributed by atoms with Crippen LogP contribution in [-0.4, -0.2) is 47.9 Å². The highest BCUT2D eigenvalue weighted by Gasteiger charge is 2.19. The maximum atomic E-state index is 12.2. The van der Waals surface area contributed by atoms with Gasteiger partial charge in [-0.25, -0.2) is 0 Å². The summed E-state index contributed by atoms with van der Waals surface area (Å²) in [5, 5.41) is 3.03. The number of rotatable bonds is 8. The first kappa shape index (κ1) is 18.0. The van der Waals surface area contributed by atoms with E-state index < -0.39 is 0 Å². The molecule has 1 saturated heterocycles. The van der Waals surface area contributed by atoms with Gasteiger partial charge in [0.2, 0.25) is 11.5 Å². The number of benzene rings is 1. The molecule has 2 rings (SSSR count). The summed E-state index contributed by atoms with van der Waals surface area (Å²) in [5.41, 5.74) is 1.17. The van der Waals surface area contributed by atoms with Crippen molar-refractivity contribution in [3.63, 3.8) is 0 Å². The lowest BCUT2D eigenvalue weighted by atomic mass is 10.0. The lowest BCUT2D eigenvalue weighted by Gasteiger charge is -2.30. The fourth-order valence-electron chi connectivity index (χ4n) is 3.01. The Bertz CT molecular complexity index is 495. The number of hydrogen-bond donors (Lipinski definition) is 1. The third-order valence-electron chi connectivity index (χ3n) is 4.17. The molecule has 1 N–H and O–H groups in total. The number of nitrogens with zero attached hydrogens (tertiary/aromatic N) is 1. The summed E-state index contributed by atoms with van der Waals surface area (Å²) >= 11 is 1.34. The largest absolute Gasteiger partial charge is 0.355 e. The molecule has 1 aromatic rings. The zero-order valence-electron chi connectivity index (χ0n) is 13.7. The Morgan fingerprint density at radius 1 is 1.43 bits per heavy atom. The molecule has 1 aliphatic heterocycles. The lowest BCUT2D eigenvalue weighted by Crippen LogP contribution is -2.38. The van der Waals surface area contributed by atoms with Crippen LogP contribution in [0.15, 0.2) is 30.3 Å². The van der Waals surface area contributed by atoms with Gasteiger partial charge in [-0.15, -0.1) is 0 Å². The average Bonchev–Trinajstić information content (AvgIpc) is 2.54. The molecule has 5 heteroatoms. The van der Waals surface area contributed by atoms with E-state index in [2.05, 4.69) is 17.1 Å². The first-order chi connectivity index (χ1) is 11.2. The molecule has 1 amide bonds. The van der Waals surface area contributed by atoms with Gasteiger partial charge >= 0.3 is 0 Å². The molecule has 0 bridgehead atoms. The van der Waals surface area contributed by atoms with Crippen molar-refractivity contribution in [3.05, 3.63) is 35.9 Å². The molecule has 0 radical (unpaired) electrons. The van der Waals surface area contributed by atoms with Crippen molar-refractivity contribution in [3.8, 4) is 0 Å². The standard InChI is InChI=1S/C18H26N2O2S/c1-15-6-5-9-20(11-15)12-18(22)23-13-17(19-14-21)10-16-7-3-2-4-8-16/h2-4,7-8,14-15,17H,5-6,9-13H2,1H3,(H,19,21). The van der Waals surface area contributed by atoms with E-state index in [1.165, 1.54) is 30.2 Å². The predicted molar refractivity (Wildman–Crippen MR) is 95.4 cm³/mol. The summed E-state index contributed by atoms with van der Waals surface area (Å²) in [7, 11) is 0. The number of carbonyl (C=O) groups is 2. The zero-order valence-corrected chi connectivity index (χ0v) is 14.6. The van der Waals surface area contributed by atoms with Crippen molar-refractivity contribution in [2.24, 2.45) is 5.92 Å². The van der Waals surface area contributed by atoms with Crippen LogP contribution in [0.4, 0.5) is 0 Å². The second-order valence-electron chi connectivity index (χ2n) is 6.34. The summed E-state index contributed by atoms with van der Waals surface area (Å²) in [4.78, 5) is 25.2. The molecule has 0 aliphatic carbocycles. The summed E-state index contributed by atoms with van der Waals surface area (Å²) in [6.45, 7) is 4.81. The van der Waals surface area contributed by atoms with Crippen molar-refractivity contribution in [2.75, 3.05) is 25.4 Å². The van der Waals surface area contributed by atoms with Crippen LogP contribution in [0.5, 0.6) is 0 Å². The van der Waals surface area contributed by atoms with Gasteiger partial charge < -0.3 is 5.32 Å². The first-order valence-electron chi connectivity index (χ1n) is 8.29. The lowest BCUT2D eigenvalue weighted by molar-refractivity contribution is -0.112. The van der Waals surface area contributed by atoms with Gasteiger partial charge in [-0.05, 0) is 37.3 Å². The minimum absolute atomic E-state index is 0.0101. The van der Waals surface area contributed by atoms with E-state index in [-0.39, 0.29) is 11.2 Å². The van der Waals surface area contributed by atoms with Gasteiger partial charge in [-0.2, -0.15) is 0 Å². The van der Waals surface area contributed by atoms with E-state index >= 15 is 0 Å². The highest BCUT2D eigenvalue weighted by Crippen LogP contribution is 2.17. The molecule has 1 aromatic carbocycles. The summed E-state index contributed by atoms with van der Waals surface area (Å²) in [6, 6.07) is 10.0. The monoisotopic (exact) mass is 334 g/mol. The van der Waals surface area contributed by atoms with E-state index in [9.17, 15) is 9.59 Å². The Kier molecular flexibility index (Phi) is 7.62. The maximum Gasteiger partial charge on any atom is 0.207 e. The van der Waals surface area contributed by atoms with Crippen LogP contribution in [0.3, 0.4) is 0 Å². The van der Waals surface area contributed by atoms with Gasteiger partial charge in [-0.1, -0.05) is 49.0 Å². The number of nitrogens with one attached hydrogen (secondary N) is 1. The zero-order chi connectivity index (χ0) is 16.5. The Morgan fingerprint density at radius 2 is 2.22 bits per heavy atom. The molecule has 2 atom stereocenters. The van der Waals surface area contributed by atoms with Crippen molar-refractivity contribution < 1.29 is 9.59 Å². The fourth-order valence-corrected chi connectivity index (χ4v) is 3.89. The molecule has 23 heavy (non-hydrogen) atoms. The van der Waals surface area contributed by atoms with Crippen LogP contribution in [0.2, 0.25) is 0 Å². The SMILES string of the molecule is CC1CCCN(CC(=O)SCC(Cc2ccccc2)NC=O)C1. The van der Waals surface area contributed by atoms with Gasteiger partial charge in [0.15, 0.2) is 0 Å². The fraction of sp³-hybridized carbons (Fsp3) is 0.556. The Balaban J connectivity index is 1.76. The third kappa shape index (κ3) is 6.75. The predicted octanol–water partition coefficient (Wildman–Crippen LogP) is 2.34. The molecule has 4 nitrogen and oxygen atoms in total. The van der Waals surface area contributed by atoms with E-state index in [4.69, 9.17) is 0 Å². The second kappa shape index (κ2) is 9.73. The second-order valence-corrected chi connectivity index (χ2v) is 7.41. The van der Waals surface area contributed by atoms with Crippen LogP contribution in [-0.2, 0) is 16.0 Å².